The van der Waals surface area contributed by atoms with Crippen molar-refractivity contribution in [1.82, 2.24) is 24.5 Å². The molecule has 4 N–H and O–H groups in total. The Bertz CT molecular complexity index is 913. The highest BCUT2D eigenvalue weighted by Crippen LogP contribution is 2.23. The number of hydrogen-bond acceptors (Lipinski definition) is 9. The average molecular weight is 347 g/mol. The molecule has 0 aliphatic heterocycles. The van der Waals surface area contributed by atoms with Crippen LogP contribution in [0.25, 0.3) is 10.2 Å². The first kappa shape index (κ1) is 15.4. The summed E-state index contributed by atoms with van der Waals surface area (Å²) in [4.78, 5) is 28.8. The summed E-state index contributed by atoms with van der Waals surface area (Å²) in [7, 11) is 0. The fraction of sp³-hybridized carbons (Fsp3) is 0.154. The third kappa shape index (κ3) is 3.17. The summed E-state index contributed by atoms with van der Waals surface area (Å²) in [6.07, 6.45) is 1.66. The number of thiophene rings is 1. The lowest BCUT2D eigenvalue weighted by Gasteiger charge is -2.09. The van der Waals surface area contributed by atoms with Crippen LogP contribution in [0.5, 0.6) is 0 Å². The summed E-state index contributed by atoms with van der Waals surface area (Å²) >= 11 is 2.71. The molecule has 3 rings (SSSR count). The van der Waals surface area contributed by atoms with Gasteiger partial charge in [-0.15, -0.1) is 17.9 Å². The van der Waals surface area contributed by atoms with E-state index in [2.05, 4.69) is 26.5 Å². The molecule has 118 valence electrons. The summed E-state index contributed by atoms with van der Waals surface area (Å²) in [5.41, 5.74) is 11.7. The molecule has 0 saturated heterocycles. The molecule has 0 radical (unpaired) electrons. The predicted octanol–water partition coefficient (Wildman–Crippen LogP) is 1.29. The van der Waals surface area contributed by atoms with Gasteiger partial charge in [0, 0.05) is 6.54 Å². The maximum atomic E-state index is 12.5. The second kappa shape index (κ2) is 6.34. The molecule has 0 spiro atoms. The lowest BCUT2D eigenvalue weighted by atomic mass is 10.4. The molecule has 3 heterocycles. The Morgan fingerprint density at radius 2 is 2.00 bits per heavy atom. The molecule has 0 unspecified atom stereocenters. The molecule has 3 aromatic heterocycles. The molecule has 3 aromatic rings. The van der Waals surface area contributed by atoms with E-state index in [1.165, 1.54) is 23.1 Å². The van der Waals surface area contributed by atoms with Gasteiger partial charge in [0.1, 0.15) is 10.5 Å². The van der Waals surface area contributed by atoms with E-state index in [9.17, 15) is 4.79 Å². The minimum atomic E-state index is -0.0814. The maximum absolute atomic E-state index is 12.5. The summed E-state index contributed by atoms with van der Waals surface area (Å²) in [6, 6.07) is 1.82. The van der Waals surface area contributed by atoms with Crippen molar-refractivity contribution in [2.24, 2.45) is 0 Å². The van der Waals surface area contributed by atoms with Crippen LogP contribution >= 0.6 is 23.1 Å². The topological polar surface area (TPSA) is 126 Å². The fourth-order valence-electron chi connectivity index (χ4n) is 1.97. The van der Waals surface area contributed by atoms with E-state index < -0.39 is 0 Å². The van der Waals surface area contributed by atoms with Gasteiger partial charge < -0.3 is 11.5 Å². The van der Waals surface area contributed by atoms with Crippen molar-refractivity contribution in [2.75, 3.05) is 11.5 Å². The number of aromatic nitrogens is 5. The SMILES string of the molecule is C=CCn1c(SCc2nc(N)nc(N)n2)nc2ccsc2c1=O. The first-order valence-electron chi connectivity index (χ1n) is 6.56. The first-order chi connectivity index (χ1) is 11.1. The Hall–Kier alpha value is -2.46. The van der Waals surface area contributed by atoms with Gasteiger partial charge in [-0.25, -0.2) is 4.98 Å². The van der Waals surface area contributed by atoms with Crippen molar-refractivity contribution in [1.29, 1.82) is 0 Å². The van der Waals surface area contributed by atoms with Gasteiger partial charge in [0.2, 0.25) is 11.9 Å². The zero-order valence-corrected chi connectivity index (χ0v) is 13.6. The van der Waals surface area contributed by atoms with E-state index in [1.54, 1.807) is 10.6 Å². The van der Waals surface area contributed by atoms with E-state index in [-0.39, 0.29) is 17.5 Å². The largest absolute Gasteiger partial charge is 0.368 e. The number of nitrogen functional groups attached to an aromatic ring is 2. The monoisotopic (exact) mass is 347 g/mol. The Morgan fingerprint density at radius 1 is 1.26 bits per heavy atom. The number of allylic oxidation sites excluding steroid dienone is 1. The van der Waals surface area contributed by atoms with Gasteiger partial charge >= 0.3 is 0 Å². The van der Waals surface area contributed by atoms with Gasteiger partial charge in [-0.1, -0.05) is 17.8 Å². The van der Waals surface area contributed by atoms with Crippen molar-refractivity contribution in [3.8, 4) is 0 Å². The average Bonchev–Trinajstić information content (AvgIpc) is 2.96. The second-order valence-corrected chi connectivity index (χ2v) is 6.35. The van der Waals surface area contributed by atoms with Crippen LogP contribution in [0.3, 0.4) is 0 Å². The number of nitrogens with zero attached hydrogens (tertiary/aromatic N) is 5. The fourth-order valence-corrected chi connectivity index (χ4v) is 3.62. The molecule has 0 fully saturated rings. The van der Waals surface area contributed by atoms with Crippen LogP contribution in [-0.2, 0) is 12.3 Å². The maximum Gasteiger partial charge on any atom is 0.272 e. The van der Waals surface area contributed by atoms with Crippen molar-refractivity contribution in [2.45, 2.75) is 17.5 Å². The minimum Gasteiger partial charge on any atom is -0.368 e. The highest BCUT2D eigenvalue weighted by atomic mass is 32.2. The van der Waals surface area contributed by atoms with E-state index in [0.717, 1.165) is 0 Å². The third-order valence-electron chi connectivity index (χ3n) is 2.89. The van der Waals surface area contributed by atoms with E-state index in [4.69, 9.17) is 11.5 Å². The number of fused-ring (bicyclic) bond motifs is 1. The zero-order valence-electron chi connectivity index (χ0n) is 12.0. The number of nitrogens with two attached hydrogens (primary N) is 2. The van der Waals surface area contributed by atoms with Gasteiger partial charge in [-0.2, -0.15) is 15.0 Å². The second-order valence-electron chi connectivity index (χ2n) is 4.49. The highest BCUT2D eigenvalue weighted by Gasteiger charge is 2.13. The molecule has 0 saturated carbocycles. The van der Waals surface area contributed by atoms with Crippen molar-refractivity contribution >= 4 is 45.2 Å². The normalized spacial score (nSPS) is 11.0. The molecule has 23 heavy (non-hydrogen) atoms. The Morgan fingerprint density at radius 3 is 2.70 bits per heavy atom. The molecule has 0 aliphatic carbocycles. The van der Waals surface area contributed by atoms with Crippen LogP contribution in [-0.4, -0.2) is 24.5 Å². The summed E-state index contributed by atoms with van der Waals surface area (Å²) < 4.78 is 2.20. The quantitative estimate of drug-likeness (QED) is 0.402. The van der Waals surface area contributed by atoms with Crippen LogP contribution in [0.4, 0.5) is 11.9 Å². The molecule has 10 heteroatoms. The molecular formula is C13H13N7OS2. The van der Waals surface area contributed by atoms with Gasteiger partial charge in [-0.3, -0.25) is 9.36 Å². The van der Waals surface area contributed by atoms with Crippen molar-refractivity contribution in [3.05, 3.63) is 40.3 Å². The highest BCUT2D eigenvalue weighted by molar-refractivity contribution is 7.98. The molecule has 0 aromatic carbocycles. The number of anilines is 2. The van der Waals surface area contributed by atoms with Gasteiger partial charge in [0.15, 0.2) is 5.16 Å². The number of thioether (sulfide) groups is 1. The Balaban J connectivity index is 1.96. The number of rotatable bonds is 5. The minimum absolute atomic E-state index is 0.0674. The standard InChI is InChI=1S/C13H13N7OS2/c1-2-4-20-10(21)9-7(3-5-22-9)16-13(20)23-6-8-17-11(14)19-12(15)18-8/h2-3,5H,1,4,6H2,(H4,14,15,17,18,19). The Labute approximate surface area is 139 Å². The van der Waals surface area contributed by atoms with Crippen LogP contribution in [0, 0.1) is 0 Å². The van der Waals surface area contributed by atoms with Crippen LogP contribution in [0.1, 0.15) is 5.82 Å². The smallest absolute Gasteiger partial charge is 0.272 e. The molecule has 0 aliphatic rings. The zero-order chi connectivity index (χ0) is 16.4. The summed E-state index contributed by atoms with van der Waals surface area (Å²) in [5.74, 6) is 0.941. The molecule has 0 atom stereocenters. The van der Waals surface area contributed by atoms with E-state index in [0.29, 0.717) is 33.5 Å². The summed E-state index contributed by atoms with van der Waals surface area (Å²) in [6.45, 7) is 4.07. The lowest BCUT2D eigenvalue weighted by Crippen LogP contribution is -2.22. The molecule has 0 amide bonds. The molecular weight excluding hydrogens is 334 g/mol. The van der Waals surface area contributed by atoms with Gasteiger partial charge in [0.05, 0.1) is 11.3 Å². The van der Waals surface area contributed by atoms with E-state index in [1.807, 2.05) is 11.4 Å². The van der Waals surface area contributed by atoms with Crippen molar-refractivity contribution in [3.63, 3.8) is 0 Å². The molecule has 0 bridgehead atoms. The lowest BCUT2D eigenvalue weighted by molar-refractivity contribution is 0.672. The Kier molecular flexibility index (Phi) is 4.26. The van der Waals surface area contributed by atoms with Crippen LogP contribution < -0.4 is 17.0 Å². The first-order valence-corrected chi connectivity index (χ1v) is 8.42. The van der Waals surface area contributed by atoms with E-state index >= 15 is 0 Å². The summed E-state index contributed by atoms with van der Waals surface area (Å²) in [5, 5.41) is 2.41. The molecule has 8 nitrogen and oxygen atoms in total. The van der Waals surface area contributed by atoms with Crippen molar-refractivity contribution < 1.29 is 0 Å². The van der Waals surface area contributed by atoms with Gasteiger partial charge in [-0.05, 0) is 11.4 Å². The number of hydrogen-bond donors (Lipinski definition) is 2. The predicted molar refractivity (Wildman–Crippen MR) is 92.3 cm³/mol. The van der Waals surface area contributed by atoms with Crippen LogP contribution in [0.15, 0.2) is 34.1 Å². The third-order valence-corrected chi connectivity index (χ3v) is 4.75. The van der Waals surface area contributed by atoms with Crippen LogP contribution in [0.2, 0.25) is 0 Å². The van der Waals surface area contributed by atoms with Gasteiger partial charge in [0.25, 0.3) is 5.56 Å².